The van der Waals surface area contributed by atoms with Gasteiger partial charge in [-0.25, -0.2) is 0 Å². The van der Waals surface area contributed by atoms with Crippen LogP contribution in [-0.2, 0) is 0 Å². The number of aliphatic hydroxyl groups excluding tert-OH is 1. The highest BCUT2D eigenvalue weighted by molar-refractivity contribution is 5.28. The van der Waals surface area contributed by atoms with Gasteiger partial charge in [0.15, 0.2) is 0 Å². The Morgan fingerprint density at radius 2 is 1.90 bits per heavy atom. The summed E-state index contributed by atoms with van der Waals surface area (Å²) in [4.78, 5) is 4.70. The van der Waals surface area contributed by atoms with Crippen molar-refractivity contribution in [3.05, 3.63) is 29.8 Å². The molecule has 118 valence electrons. The largest absolute Gasteiger partial charge is 0.491 e. The van der Waals surface area contributed by atoms with E-state index in [-0.39, 0.29) is 6.10 Å². The highest BCUT2D eigenvalue weighted by Gasteiger charge is 2.22. The highest BCUT2D eigenvalue weighted by atomic mass is 16.5. The molecule has 2 rings (SSSR count). The number of nitrogens with zero attached hydrogens (tertiary/aromatic N) is 2. The Morgan fingerprint density at radius 1 is 1.24 bits per heavy atom. The van der Waals surface area contributed by atoms with Crippen LogP contribution in [0.3, 0.4) is 0 Å². The van der Waals surface area contributed by atoms with Crippen LogP contribution < -0.4 is 4.74 Å². The number of rotatable bonds is 5. The highest BCUT2D eigenvalue weighted by Crippen LogP contribution is 2.20. The Morgan fingerprint density at radius 3 is 2.48 bits per heavy atom. The average molecular weight is 292 g/mol. The van der Waals surface area contributed by atoms with Crippen molar-refractivity contribution in [2.75, 3.05) is 33.2 Å². The van der Waals surface area contributed by atoms with Crippen LogP contribution >= 0.6 is 0 Å². The van der Waals surface area contributed by atoms with Crippen LogP contribution in [0.4, 0.5) is 0 Å². The lowest BCUT2D eigenvalue weighted by Gasteiger charge is -2.38. The van der Waals surface area contributed by atoms with E-state index in [1.165, 1.54) is 0 Å². The van der Waals surface area contributed by atoms with Crippen molar-refractivity contribution in [2.45, 2.75) is 39.0 Å². The molecule has 1 heterocycles. The van der Waals surface area contributed by atoms with Crippen LogP contribution in [0.2, 0.25) is 0 Å². The maximum atomic E-state index is 10.4. The van der Waals surface area contributed by atoms with Crippen molar-refractivity contribution in [2.24, 2.45) is 0 Å². The smallest absolute Gasteiger partial charge is 0.119 e. The van der Waals surface area contributed by atoms with Crippen molar-refractivity contribution >= 4 is 0 Å². The summed E-state index contributed by atoms with van der Waals surface area (Å²) in [5.41, 5.74) is 0.956. The molecule has 1 fully saturated rings. The number of benzene rings is 1. The van der Waals surface area contributed by atoms with E-state index in [0.29, 0.717) is 12.6 Å². The minimum absolute atomic E-state index is 0.174. The second-order valence-corrected chi connectivity index (χ2v) is 6.34. The number of β-amino-alcohol motifs (C(OH)–C–C–N with tert-alkyl or cyclic N) is 1. The lowest BCUT2D eigenvalue weighted by Crippen LogP contribution is -2.50. The topological polar surface area (TPSA) is 35.9 Å². The summed E-state index contributed by atoms with van der Waals surface area (Å²) in [6.07, 6.45) is -0.263. The fourth-order valence-electron chi connectivity index (χ4n) is 2.68. The van der Waals surface area contributed by atoms with Crippen molar-refractivity contribution in [3.63, 3.8) is 0 Å². The van der Waals surface area contributed by atoms with E-state index in [1.807, 2.05) is 38.1 Å². The zero-order chi connectivity index (χ0) is 15.4. The summed E-state index contributed by atoms with van der Waals surface area (Å²) >= 11 is 0. The molecule has 0 amide bonds. The van der Waals surface area contributed by atoms with Gasteiger partial charge in [-0.3, -0.25) is 4.90 Å². The standard InChI is InChI=1S/C17H28N2O2/c1-13(2)21-16-7-5-15(6-8-16)17(20)12-19-10-9-18(4)14(3)11-19/h5-8,13-14,17,20H,9-12H2,1-4H3. The molecule has 1 saturated heterocycles. The third kappa shape index (κ3) is 4.70. The van der Waals surface area contributed by atoms with Gasteiger partial charge >= 0.3 is 0 Å². The van der Waals surface area contributed by atoms with Crippen molar-refractivity contribution in [3.8, 4) is 5.75 Å². The number of hydrogen-bond acceptors (Lipinski definition) is 4. The van der Waals surface area contributed by atoms with Crippen LogP contribution in [0.5, 0.6) is 5.75 Å². The van der Waals surface area contributed by atoms with Gasteiger partial charge in [-0.1, -0.05) is 12.1 Å². The van der Waals surface area contributed by atoms with Gasteiger partial charge in [-0.15, -0.1) is 0 Å². The Hall–Kier alpha value is -1.10. The first-order valence-corrected chi connectivity index (χ1v) is 7.83. The van der Waals surface area contributed by atoms with Gasteiger partial charge in [0.2, 0.25) is 0 Å². The minimum atomic E-state index is -0.436. The van der Waals surface area contributed by atoms with E-state index in [0.717, 1.165) is 30.9 Å². The molecule has 1 N–H and O–H groups in total. The zero-order valence-corrected chi connectivity index (χ0v) is 13.6. The zero-order valence-electron chi connectivity index (χ0n) is 13.6. The van der Waals surface area contributed by atoms with Crippen LogP contribution in [0.1, 0.15) is 32.4 Å². The first-order chi connectivity index (χ1) is 9.95. The van der Waals surface area contributed by atoms with Crippen LogP contribution in [0, 0.1) is 0 Å². The molecule has 4 heteroatoms. The first-order valence-electron chi connectivity index (χ1n) is 7.83. The van der Waals surface area contributed by atoms with E-state index in [1.54, 1.807) is 0 Å². The Labute approximate surface area is 128 Å². The number of likely N-dealkylation sites (N-methyl/N-ethyl adjacent to an activating group) is 1. The third-order valence-electron chi connectivity index (χ3n) is 4.11. The van der Waals surface area contributed by atoms with Gasteiger partial charge in [0, 0.05) is 32.2 Å². The second-order valence-electron chi connectivity index (χ2n) is 6.34. The summed E-state index contributed by atoms with van der Waals surface area (Å²) in [6.45, 7) is 10.1. The normalized spacial score (nSPS) is 22.5. The molecular formula is C17H28N2O2. The summed E-state index contributed by atoms with van der Waals surface area (Å²) in [5, 5.41) is 10.4. The van der Waals surface area contributed by atoms with Crippen LogP contribution in [0.25, 0.3) is 0 Å². The van der Waals surface area contributed by atoms with Gasteiger partial charge < -0.3 is 14.7 Å². The Bertz CT molecular complexity index is 433. The lowest BCUT2D eigenvalue weighted by atomic mass is 10.1. The monoisotopic (exact) mass is 292 g/mol. The third-order valence-corrected chi connectivity index (χ3v) is 4.11. The summed E-state index contributed by atoms with van der Waals surface area (Å²) < 4.78 is 5.63. The van der Waals surface area contributed by atoms with Gasteiger partial charge in [0.25, 0.3) is 0 Å². The molecule has 1 aromatic rings. The fraction of sp³-hybridized carbons (Fsp3) is 0.647. The SMILES string of the molecule is CC(C)Oc1ccc(C(O)CN2CCN(C)C(C)C2)cc1. The molecule has 0 aromatic heterocycles. The van der Waals surface area contributed by atoms with Gasteiger partial charge in [0.1, 0.15) is 5.75 Å². The maximum absolute atomic E-state index is 10.4. The average Bonchev–Trinajstić information content (AvgIpc) is 2.43. The van der Waals surface area contributed by atoms with E-state index >= 15 is 0 Å². The predicted octanol–water partition coefficient (Wildman–Crippen LogP) is 2.14. The van der Waals surface area contributed by atoms with Crippen LogP contribution in [0.15, 0.2) is 24.3 Å². The van der Waals surface area contributed by atoms with Gasteiger partial charge in [-0.2, -0.15) is 0 Å². The Balaban J connectivity index is 1.89. The minimum Gasteiger partial charge on any atom is -0.491 e. The Kier molecular flexibility index (Phi) is 5.62. The summed E-state index contributed by atoms with van der Waals surface area (Å²) in [5.74, 6) is 0.856. The molecule has 2 atom stereocenters. The maximum Gasteiger partial charge on any atom is 0.119 e. The lowest BCUT2D eigenvalue weighted by molar-refractivity contribution is 0.0568. The number of ether oxygens (including phenoxy) is 1. The molecule has 1 aromatic carbocycles. The van der Waals surface area contributed by atoms with E-state index in [4.69, 9.17) is 4.74 Å². The summed E-state index contributed by atoms with van der Waals surface area (Å²) in [7, 11) is 2.16. The summed E-state index contributed by atoms with van der Waals surface area (Å²) in [6, 6.07) is 8.34. The molecule has 1 aliphatic rings. The molecule has 4 nitrogen and oxygen atoms in total. The molecule has 0 saturated carbocycles. The van der Waals surface area contributed by atoms with Gasteiger partial charge in [-0.05, 0) is 45.5 Å². The van der Waals surface area contributed by atoms with E-state index in [2.05, 4.69) is 23.8 Å². The second kappa shape index (κ2) is 7.25. The molecule has 0 radical (unpaired) electrons. The van der Waals surface area contributed by atoms with Crippen LogP contribution in [-0.4, -0.2) is 60.3 Å². The van der Waals surface area contributed by atoms with Crippen molar-refractivity contribution in [1.29, 1.82) is 0 Å². The van der Waals surface area contributed by atoms with Gasteiger partial charge in [0.05, 0.1) is 12.2 Å². The van der Waals surface area contributed by atoms with E-state index < -0.39 is 6.10 Å². The quantitative estimate of drug-likeness (QED) is 0.902. The molecule has 0 bridgehead atoms. The number of aliphatic hydroxyl groups is 1. The van der Waals surface area contributed by atoms with Crippen molar-refractivity contribution in [1.82, 2.24) is 9.80 Å². The fourth-order valence-corrected chi connectivity index (χ4v) is 2.68. The predicted molar refractivity (Wildman–Crippen MR) is 85.7 cm³/mol. The molecule has 0 aliphatic carbocycles. The molecular weight excluding hydrogens is 264 g/mol. The molecule has 0 spiro atoms. The molecule has 1 aliphatic heterocycles. The number of hydrogen-bond donors (Lipinski definition) is 1. The van der Waals surface area contributed by atoms with Crippen molar-refractivity contribution < 1.29 is 9.84 Å². The first kappa shape index (κ1) is 16.3. The molecule has 2 unspecified atom stereocenters. The number of piperazine rings is 1. The van der Waals surface area contributed by atoms with E-state index in [9.17, 15) is 5.11 Å². The molecule has 21 heavy (non-hydrogen) atoms.